The number of nitrogens with one attached hydrogen (secondary N) is 1. The quantitative estimate of drug-likeness (QED) is 0.364. The number of guanidine groups is 1. The molecule has 1 N–H and O–H groups in total. The maximum Gasteiger partial charge on any atom is 0.236 e. The Balaban J connectivity index is 1.32. The van der Waals surface area contributed by atoms with E-state index in [1.807, 2.05) is 36.2 Å². The second-order valence-electron chi connectivity index (χ2n) is 7.61. The number of aliphatic imine (C=N–C) groups is 1. The molecular weight excluding hydrogens is 398 g/mol. The molecule has 1 aromatic rings. The summed E-state index contributed by atoms with van der Waals surface area (Å²) in [6, 6.07) is 7.63. The molecule has 0 unspecified atom stereocenters. The first-order valence-electron chi connectivity index (χ1n) is 11.0. The maximum absolute atomic E-state index is 12.4. The van der Waals surface area contributed by atoms with Crippen LogP contribution in [-0.4, -0.2) is 113 Å². The third-order valence-electron chi connectivity index (χ3n) is 5.52. The van der Waals surface area contributed by atoms with Gasteiger partial charge in [0, 0.05) is 58.9 Å². The normalized spacial score (nSPS) is 18.1. The lowest BCUT2D eigenvalue weighted by Crippen LogP contribution is -2.55. The van der Waals surface area contributed by atoms with Crippen molar-refractivity contribution in [1.82, 2.24) is 20.0 Å². The molecule has 9 nitrogen and oxygen atoms in total. The summed E-state index contributed by atoms with van der Waals surface area (Å²) in [6.45, 7) is 8.02. The van der Waals surface area contributed by atoms with Gasteiger partial charge >= 0.3 is 0 Å². The minimum atomic E-state index is 0.204. The van der Waals surface area contributed by atoms with Crippen molar-refractivity contribution in [1.29, 1.82) is 0 Å². The SMILES string of the molecule is CN=C(NCCCOc1cccc(OC)c1)N1CCN(CC(=O)N2CCOCC2)CC1. The molecule has 31 heavy (non-hydrogen) atoms. The average molecular weight is 434 g/mol. The summed E-state index contributed by atoms with van der Waals surface area (Å²) in [6.07, 6.45) is 0.865. The zero-order valence-corrected chi connectivity index (χ0v) is 18.7. The fourth-order valence-corrected chi connectivity index (χ4v) is 3.71. The van der Waals surface area contributed by atoms with Gasteiger partial charge in [0.25, 0.3) is 0 Å². The van der Waals surface area contributed by atoms with Crippen LogP contribution in [0, 0.1) is 0 Å². The summed E-state index contributed by atoms with van der Waals surface area (Å²) >= 11 is 0. The Morgan fingerprint density at radius 2 is 1.84 bits per heavy atom. The number of rotatable bonds is 8. The molecule has 0 spiro atoms. The van der Waals surface area contributed by atoms with Gasteiger partial charge in [0.2, 0.25) is 5.91 Å². The van der Waals surface area contributed by atoms with Crippen LogP contribution in [0.3, 0.4) is 0 Å². The van der Waals surface area contributed by atoms with E-state index in [1.54, 1.807) is 7.11 Å². The molecule has 1 aromatic carbocycles. The van der Waals surface area contributed by atoms with Crippen molar-refractivity contribution in [2.75, 3.05) is 86.3 Å². The van der Waals surface area contributed by atoms with Gasteiger partial charge in [-0.25, -0.2) is 0 Å². The molecule has 2 heterocycles. The lowest BCUT2D eigenvalue weighted by Gasteiger charge is -2.37. The molecule has 172 valence electrons. The van der Waals surface area contributed by atoms with Gasteiger partial charge in [-0.05, 0) is 18.6 Å². The lowest BCUT2D eigenvalue weighted by atomic mass is 10.3. The molecule has 0 bridgehead atoms. The Morgan fingerprint density at radius 1 is 1.10 bits per heavy atom. The van der Waals surface area contributed by atoms with Crippen molar-refractivity contribution in [3.8, 4) is 11.5 Å². The number of piperazine rings is 1. The van der Waals surface area contributed by atoms with Gasteiger partial charge in [-0.2, -0.15) is 0 Å². The van der Waals surface area contributed by atoms with Gasteiger partial charge < -0.3 is 29.3 Å². The highest BCUT2D eigenvalue weighted by Crippen LogP contribution is 2.18. The number of carbonyl (C=O) groups excluding carboxylic acids is 1. The summed E-state index contributed by atoms with van der Waals surface area (Å²) in [5.74, 6) is 2.71. The Morgan fingerprint density at radius 3 is 2.55 bits per heavy atom. The number of carbonyl (C=O) groups is 1. The maximum atomic E-state index is 12.4. The first kappa shape index (κ1) is 23.1. The molecular formula is C22H35N5O4. The minimum Gasteiger partial charge on any atom is -0.497 e. The fourth-order valence-electron chi connectivity index (χ4n) is 3.71. The van der Waals surface area contributed by atoms with E-state index in [0.717, 1.165) is 56.6 Å². The molecule has 2 aliphatic heterocycles. The van der Waals surface area contributed by atoms with E-state index < -0.39 is 0 Å². The van der Waals surface area contributed by atoms with Gasteiger partial charge in [-0.15, -0.1) is 0 Å². The lowest BCUT2D eigenvalue weighted by molar-refractivity contribution is -0.136. The van der Waals surface area contributed by atoms with Crippen molar-refractivity contribution < 1.29 is 19.0 Å². The summed E-state index contributed by atoms with van der Waals surface area (Å²) in [7, 11) is 3.46. The second kappa shape index (κ2) is 12.4. The first-order chi connectivity index (χ1) is 15.2. The summed E-state index contributed by atoms with van der Waals surface area (Å²) in [4.78, 5) is 23.2. The van der Waals surface area contributed by atoms with Gasteiger partial charge in [-0.1, -0.05) is 6.07 Å². The van der Waals surface area contributed by atoms with E-state index in [4.69, 9.17) is 14.2 Å². The van der Waals surface area contributed by atoms with Crippen molar-refractivity contribution in [3.05, 3.63) is 24.3 Å². The summed E-state index contributed by atoms with van der Waals surface area (Å²) in [5, 5.41) is 3.42. The molecule has 2 fully saturated rings. The molecule has 2 aliphatic rings. The third kappa shape index (κ3) is 7.29. The Hall–Kier alpha value is -2.52. The molecule has 2 saturated heterocycles. The van der Waals surface area contributed by atoms with E-state index in [0.29, 0.717) is 39.5 Å². The second-order valence-corrected chi connectivity index (χ2v) is 7.61. The molecule has 0 radical (unpaired) electrons. The first-order valence-corrected chi connectivity index (χ1v) is 11.0. The van der Waals surface area contributed by atoms with E-state index in [1.165, 1.54) is 0 Å². The number of ether oxygens (including phenoxy) is 3. The van der Waals surface area contributed by atoms with Crippen LogP contribution < -0.4 is 14.8 Å². The molecule has 0 atom stereocenters. The molecule has 9 heteroatoms. The smallest absolute Gasteiger partial charge is 0.236 e. The number of benzene rings is 1. The average Bonchev–Trinajstić information content (AvgIpc) is 2.83. The predicted molar refractivity (Wildman–Crippen MR) is 120 cm³/mol. The van der Waals surface area contributed by atoms with Crippen LogP contribution >= 0.6 is 0 Å². The number of hydrogen-bond donors (Lipinski definition) is 1. The number of methoxy groups -OCH3 is 1. The largest absolute Gasteiger partial charge is 0.497 e. The molecule has 0 aromatic heterocycles. The van der Waals surface area contributed by atoms with E-state index in [2.05, 4.69) is 20.1 Å². The van der Waals surface area contributed by atoms with Crippen LogP contribution in [0.4, 0.5) is 0 Å². The van der Waals surface area contributed by atoms with Crippen molar-refractivity contribution >= 4 is 11.9 Å². The topological polar surface area (TPSA) is 78.9 Å². The minimum absolute atomic E-state index is 0.204. The van der Waals surface area contributed by atoms with Gasteiger partial charge in [0.05, 0.1) is 33.5 Å². The van der Waals surface area contributed by atoms with E-state index in [9.17, 15) is 4.79 Å². The molecule has 0 aliphatic carbocycles. The van der Waals surface area contributed by atoms with Crippen LogP contribution in [0.1, 0.15) is 6.42 Å². The van der Waals surface area contributed by atoms with Crippen molar-refractivity contribution in [3.63, 3.8) is 0 Å². The van der Waals surface area contributed by atoms with E-state index >= 15 is 0 Å². The van der Waals surface area contributed by atoms with Crippen LogP contribution in [0.25, 0.3) is 0 Å². The van der Waals surface area contributed by atoms with Gasteiger partial charge in [0.15, 0.2) is 5.96 Å². The molecule has 1 amide bonds. The summed E-state index contributed by atoms with van der Waals surface area (Å²) < 4.78 is 16.3. The monoisotopic (exact) mass is 433 g/mol. The van der Waals surface area contributed by atoms with Crippen molar-refractivity contribution in [2.45, 2.75) is 6.42 Å². The number of nitrogens with zero attached hydrogens (tertiary/aromatic N) is 4. The third-order valence-corrected chi connectivity index (χ3v) is 5.52. The standard InChI is InChI=1S/C22H35N5O4/c1-23-22(24-7-4-14-31-20-6-3-5-19(17-20)29-2)27-10-8-25(9-11-27)18-21(28)26-12-15-30-16-13-26/h3,5-6,17H,4,7-16,18H2,1-2H3,(H,23,24). The predicted octanol–water partition coefficient (Wildman–Crippen LogP) is 0.516. The highest BCUT2D eigenvalue weighted by molar-refractivity contribution is 5.80. The zero-order valence-electron chi connectivity index (χ0n) is 18.7. The molecule has 3 rings (SSSR count). The van der Waals surface area contributed by atoms with Crippen LogP contribution in [0.5, 0.6) is 11.5 Å². The van der Waals surface area contributed by atoms with Crippen LogP contribution in [0.15, 0.2) is 29.3 Å². The van der Waals surface area contributed by atoms with Gasteiger partial charge in [0.1, 0.15) is 11.5 Å². The van der Waals surface area contributed by atoms with E-state index in [-0.39, 0.29) is 5.91 Å². The Labute approximate surface area is 184 Å². The van der Waals surface area contributed by atoms with Crippen molar-refractivity contribution in [2.24, 2.45) is 4.99 Å². The van der Waals surface area contributed by atoms with Crippen LogP contribution in [-0.2, 0) is 9.53 Å². The Kier molecular flexibility index (Phi) is 9.23. The number of amides is 1. The fraction of sp³-hybridized carbons (Fsp3) is 0.636. The van der Waals surface area contributed by atoms with Crippen LogP contribution in [0.2, 0.25) is 0 Å². The zero-order chi connectivity index (χ0) is 21.9. The highest BCUT2D eigenvalue weighted by Gasteiger charge is 2.24. The number of morpholine rings is 1. The summed E-state index contributed by atoms with van der Waals surface area (Å²) in [5.41, 5.74) is 0. The molecule has 0 saturated carbocycles. The number of hydrogen-bond acceptors (Lipinski definition) is 6. The van der Waals surface area contributed by atoms with Gasteiger partial charge in [-0.3, -0.25) is 14.7 Å². The Bertz CT molecular complexity index is 716. The highest BCUT2D eigenvalue weighted by atomic mass is 16.5.